The molecule has 5 nitrogen and oxygen atoms in total. The molecule has 1 aliphatic carbocycles. The fraction of sp³-hybridized carbons (Fsp3) is 0.700. The Morgan fingerprint density at radius 3 is 2.77 bits per heavy atom. The van der Waals surface area contributed by atoms with Gasteiger partial charge in [-0.25, -0.2) is 0 Å². The van der Waals surface area contributed by atoms with E-state index in [1.54, 1.807) is 11.3 Å². The summed E-state index contributed by atoms with van der Waals surface area (Å²) in [4.78, 5) is 26.9. The minimum Gasteiger partial charge on any atom is -0.354 e. The zero-order valence-electron chi connectivity index (χ0n) is 15.9. The molecular formula is C20H31N3O2S. The van der Waals surface area contributed by atoms with Gasteiger partial charge in [0.05, 0.1) is 0 Å². The molecule has 144 valence electrons. The summed E-state index contributed by atoms with van der Waals surface area (Å²) in [5.74, 6) is 0.243. The summed E-state index contributed by atoms with van der Waals surface area (Å²) in [5.41, 5.74) is 1.56. The maximum Gasteiger partial charge on any atom is 0.223 e. The first-order valence-electron chi connectivity index (χ1n) is 9.81. The third-order valence-electron chi connectivity index (χ3n) is 5.62. The van der Waals surface area contributed by atoms with E-state index < -0.39 is 0 Å². The molecule has 0 aromatic carbocycles. The normalized spacial score (nSPS) is 21.0. The largest absolute Gasteiger partial charge is 0.354 e. The molecule has 0 radical (unpaired) electrons. The highest BCUT2D eigenvalue weighted by molar-refractivity contribution is 7.07. The second kappa shape index (κ2) is 8.53. The van der Waals surface area contributed by atoms with Gasteiger partial charge in [0.15, 0.2) is 0 Å². The molecule has 1 saturated heterocycles. The van der Waals surface area contributed by atoms with Crippen molar-refractivity contribution in [3.05, 3.63) is 22.4 Å². The van der Waals surface area contributed by atoms with E-state index in [-0.39, 0.29) is 17.9 Å². The van der Waals surface area contributed by atoms with Gasteiger partial charge in [0, 0.05) is 31.5 Å². The molecule has 1 saturated carbocycles. The Morgan fingerprint density at radius 1 is 1.35 bits per heavy atom. The van der Waals surface area contributed by atoms with E-state index in [1.807, 2.05) is 13.8 Å². The number of carbonyl (C=O) groups excluding carboxylic acids is 2. The molecule has 26 heavy (non-hydrogen) atoms. The highest BCUT2D eigenvalue weighted by Crippen LogP contribution is 2.56. The molecule has 1 aromatic rings. The summed E-state index contributed by atoms with van der Waals surface area (Å²) < 4.78 is 0. The molecule has 2 aliphatic rings. The number of carbonyl (C=O) groups is 2. The van der Waals surface area contributed by atoms with Crippen molar-refractivity contribution in [1.82, 2.24) is 15.5 Å². The van der Waals surface area contributed by atoms with Crippen LogP contribution in [0.25, 0.3) is 0 Å². The molecule has 1 aromatic heterocycles. The monoisotopic (exact) mass is 377 g/mol. The van der Waals surface area contributed by atoms with E-state index in [0.29, 0.717) is 37.3 Å². The summed E-state index contributed by atoms with van der Waals surface area (Å²) in [6.07, 6.45) is 4.98. The van der Waals surface area contributed by atoms with Crippen molar-refractivity contribution in [2.75, 3.05) is 13.1 Å². The fourth-order valence-corrected chi connectivity index (χ4v) is 4.78. The van der Waals surface area contributed by atoms with Crippen LogP contribution in [0.2, 0.25) is 0 Å². The summed E-state index contributed by atoms with van der Waals surface area (Å²) in [7, 11) is 0. The third kappa shape index (κ3) is 4.86. The van der Waals surface area contributed by atoms with Gasteiger partial charge < -0.3 is 15.5 Å². The minimum absolute atomic E-state index is 0.0402. The van der Waals surface area contributed by atoms with Crippen LogP contribution in [0.15, 0.2) is 16.8 Å². The van der Waals surface area contributed by atoms with Crippen LogP contribution in [0.3, 0.4) is 0 Å². The Labute approximate surface area is 160 Å². The van der Waals surface area contributed by atoms with Crippen molar-refractivity contribution in [2.45, 2.75) is 71.0 Å². The van der Waals surface area contributed by atoms with Gasteiger partial charge in [0.1, 0.15) is 0 Å². The molecule has 3 rings (SSSR count). The second-order valence-corrected chi connectivity index (χ2v) is 8.84. The van der Waals surface area contributed by atoms with Gasteiger partial charge in [-0.3, -0.25) is 9.59 Å². The molecule has 1 unspecified atom stereocenters. The molecule has 0 bridgehead atoms. The van der Waals surface area contributed by atoms with Gasteiger partial charge in [-0.1, -0.05) is 0 Å². The molecule has 1 spiro atoms. The molecule has 2 fully saturated rings. The summed E-state index contributed by atoms with van der Waals surface area (Å²) >= 11 is 1.68. The molecular weight excluding hydrogens is 346 g/mol. The number of hydrogen-bond donors (Lipinski definition) is 2. The average molecular weight is 378 g/mol. The van der Waals surface area contributed by atoms with E-state index in [9.17, 15) is 9.59 Å². The van der Waals surface area contributed by atoms with E-state index >= 15 is 0 Å². The SMILES string of the molecule is CC(C)NC(=O)CCCC(=O)N(Cc1ccsc1)C1CC12CCNCC2. The van der Waals surface area contributed by atoms with E-state index in [4.69, 9.17) is 0 Å². The first-order valence-corrected chi connectivity index (χ1v) is 10.7. The quantitative estimate of drug-likeness (QED) is 0.732. The molecule has 1 aliphatic heterocycles. The molecule has 2 heterocycles. The maximum atomic E-state index is 13.0. The number of amides is 2. The smallest absolute Gasteiger partial charge is 0.223 e. The summed E-state index contributed by atoms with van der Waals surface area (Å²) in [6.45, 7) is 6.74. The van der Waals surface area contributed by atoms with E-state index in [2.05, 4.69) is 32.4 Å². The highest BCUT2D eigenvalue weighted by Gasteiger charge is 2.57. The lowest BCUT2D eigenvalue weighted by molar-refractivity contribution is -0.133. The van der Waals surface area contributed by atoms with E-state index in [0.717, 1.165) is 19.5 Å². The van der Waals surface area contributed by atoms with Crippen LogP contribution in [-0.2, 0) is 16.1 Å². The van der Waals surface area contributed by atoms with Crippen molar-refractivity contribution in [3.63, 3.8) is 0 Å². The van der Waals surface area contributed by atoms with Crippen LogP contribution in [0.1, 0.15) is 57.9 Å². The Kier molecular flexibility index (Phi) is 6.35. The molecule has 6 heteroatoms. The predicted octanol–water partition coefficient (Wildman–Crippen LogP) is 2.91. The molecule has 2 N–H and O–H groups in total. The minimum atomic E-state index is 0.0402. The Bertz CT molecular complexity index is 609. The van der Waals surface area contributed by atoms with E-state index in [1.165, 1.54) is 18.4 Å². The number of hydrogen-bond acceptors (Lipinski definition) is 4. The van der Waals surface area contributed by atoms with Gasteiger partial charge in [0.25, 0.3) is 0 Å². The number of piperidine rings is 1. The predicted molar refractivity (Wildman–Crippen MR) is 105 cm³/mol. The lowest BCUT2D eigenvalue weighted by Gasteiger charge is -2.29. The highest BCUT2D eigenvalue weighted by atomic mass is 32.1. The van der Waals surface area contributed by atoms with Crippen molar-refractivity contribution in [3.8, 4) is 0 Å². The zero-order valence-corrected chi connectivity index (χ0v) is 16.7. The van der Waals surface area contributed by atoms with Gasteiger partial charge >= 0.3 is 0 Å². The standard InChI is InChI=1S/C20H31N3O2S/c1-15(2)22-18(24)4-3-5-19(25)23(13-16-6-11-26-14-16)17-12-20(17)7-9-21-10-8-20/h6,11,14-15,17,21H,3-5,7-10,12-13H2,1-2H3,(H,22,24). The van der Waals surface area contributed by atoms with Crippen molar-refractivity contribution >= 4 is 23.2 Å². The maximum absolute atomic E-state index is 13.0. The first-order chi connectivity index (χ1) is 12.5. The third-order valence-corrected chi connectivity index (χ3v) is 6.35. The zero-order chi connectivity index (χ0) is 18.6. The molecule has 2 amide bonds. The lowest BCUT2D eigenvalue weighted by atomic mass is 9.93. The van der Waals surface area contributed by atoms with Crippen LogP contribution in [0.5, 0.6) is 0 Å². The Balaban J connectivity index is 1.56. The van der Waals surface area contributed by atoms with Crippen LogP contribution >= 0.6 is 11.3 Å². The number of rotatable bonds is 8. The van der Waals surface area contributed by atoms with Crippen LogP contribution < -0.4 is 10.6 Å². The van der Waals surface area contributed by atoms with Crippen molar-refractivity contribution in [1.29, 1.82) is 0 Å². The van der Waals surface area contributed by atoms with Crippen molar-refractivity contribution < 1.29 is 9.59 Å². The summed E-state index contributed by atoms with van der Waals surface area (Å²) in [5, 5.41) is 10.5. The van der Waals surface area contributed by atoms with Crippen LogP contribution in [0.4, 0.5) is 0 Å². The van der Waals surface area contributed by atoms with Gasteiger partial charge in [-0.15, -0.1) is 0 Å². The number of nitrogens with zero attached hydrogens (tertiary/aromatic N) is 1. The van der Waals surface area contributed by atoms with Crippen LogP contribution in [0, 0.1) is 5.41 Å². The number of thiophene rings is 1. The number of nitrogens with one attached hydrogen (secondary N) is 2. The summed E-state index contributed by atoms with van der Waals surface area (Å²) in [6, 6.07) is 2.64. The first kappa shape index (κ1) is 19.4. The Morgan fingerprint density at radius 2 is 2.12 bits per heavy atom. The topological polar surface area (TPSA) is 61.4 Å². The van der Waals surface area contributed by atoms with Gasteiger partial charge in [-0.05, 0) is 80.4 Å². The second-order valence-electron chi connectivity index (χ2n) is 8.06. The lowest BCUT2D eigenvalue weighted by Crippen LogP contribution is -2.39. The van der Waals surface area contributed by atoms with Crippen LogP contribution in [-0.4, -0.2) is 41.9 Å². The average Bonchev–Trinajstić information content (AvgIpc) is 3.03. The molecule has 1 atom stereocenters. The van der Waals surface area contributed by atoms with Gasteiger partial charge in [-0.2, -0.15) is 11.3 Å². The van der Waals surface area contributed by atoms with Gasteiger partial charge in [0.2, 0.25) is 11.8 Å². The Hall–Kier alpha value is -1.40. The fourth-order valence-electron chi connectivity index (χ4n) is 4.12. The van der Waals surface area contributed by atoms with Crippen molar-refractivity contribution in [2.24, 2.45) is 5.41 Å².